The molecule has 0 aliphatic rings. The number of methoxy groups -OCH3 is 1. The maximum atomic E-state index is 13.6. The van der Waals surface area contributed by atoms with Gasteiger partial charge in [-0.15, -0.1) is 11.3 Å². The van der Waals surface area contributed by atoms with Crippen molar-refractivity contribution in [2.75, 3.05) is 20.3 Å². The first kappa shape index (κ1) is 17.2. The van der Waals surface area contributed by atoms with E-state index in [0.717, 1.165) is 21.6 Å². The summed E-state index contributed by atoms with van der Waals surface area (Å²) in [7, 11) is 1.64. The minimum Gasteiger partial charge on any atom is -0.383 e. The van der Waals surface area contributed by atoms with E-state index in [-0.39, 0.29) is 5.82 Å². The fourth-order valence-electron chi connectivity index (χ4n) is 2.17. The highest BCUT2D eigenvalue weighted by atomic mass is 32.1. The lowest BCUT2D eigenvalue weighted by atomic mass is 10.2. The van der Waals surface area contributed by atoms with Crippen molar-refractivity contribution in [1.82, 2.24) is 9.66 Å². The van der Waals surface area contributed by atoms with Crippen LogP contribution in [-0.4, -0.2) is 36.1 Å². The van der Waals surface area contributed by atoms with Gasteiger partial charge in [-0.2, -0.15) is 5.10 Å². The average molecular weight is 356 g/mol. The van der Waals surface area contributed by atoms with Gasteiger partial charge in [-0.3, -0.25) is 9.98 Å². The van der Waals surface area contributed by atoms with Gasteiger partial charge in [0.15, 0.2) is 0 Å². The van der Waals surface area contributed by atoms with Gasteiger partial charge in [-0.1, -0.05) is 18.2 Å². The molecule has 0 radical (unpaired) electrons. The minimum atomic E-state index is -0.288. The number of halogens is 1. The summed E-state index contributed by atoms with van der Waals surface area (Å²) in [4.78, 5) is 9.30. The van der Waals surface area contributed by atoms with Crippen LogP contribution in [0.1, 0.15) is 5.56 Å². The van der Waals surface area contributed by atoms with Gasteiger partial charge < -0.3 is 4.74 Å². The Morgan fingerprint density at radius 2 is 2.24 bits per heavy atom. The van der Waals surface area contributed by atoms with Crippen molar-refractivity contribution in [3.63, 3.8) is 0 Å². The van der Waals surface area contributed by atoms with Crippen molar-refractivity contribution in [3.8, 4) is 11.3 Å². The monoisotopic (exact) mass is 356 g/mol. The molecular formula is C18H17FN4OS. The first-order chi connectivity index (χ1) is 12.3. The Morgan fingerprint density at radius 1 is 1.32 bits per heavy atom. The van der Waals surface area contributed by atoms with Crippen LogP contribution in [0.3, 0.4) is 0 Å². The molecule has 0 atom stereocenters. The number of nitrogens with zero attached hydrogens (tertiary/aromatic N) is 4. The highest BCUT2D eigenvalue weighted by Crippen LogP contribution is 2.21. The van der Waals surface area contributed by atoms with Crippen LogP contribution in [0.4, 0.5) is 4.39 Å². The second kappa shape index (κ2) is 8.46. The molecule has 1 aromatic carbocycles. The van der Waals surface area contributed by atoms with Gasteiger partial charge in [-0.25, -0.2) is 9.07 Å². The zero-order chi connectivity index (χ0) is 17.5. The second-order valence-corrected chi connectivity index (χ2v) is 5.97. The Kier molecular flexibility index (Phi) is 5.81. The molecule has 0 saturated carbocycles. The quantitative estimate of drug-likeness (QED) is 0.503. The van der Waals surface area contributed by atoms with Crippen LogP contribution in [0, 0.1) is 5.82 Å². The lowest BCUT2D eigenvalue weighted by Gasteiger charge is -2.04. The SMILES string of the molecule is COCCN=c1scc(-c2cccc(F)c2)n1/N=C\c1cccnc1. The molecule has 0 bridgehead atoms. The predicted molar refractivity (Wildman–Crippen MR) is 97.2 cm³/mol. The van der Waals surface area contributed by atoms with Gasteiger partial charge in [-0.05, 0) is 18.2 Å². The number of benzene rings is 1. The highest BCUT2D eigenvalue weighted by molar-refractivity contribution is 7.07. The molecular weight excluding hydrogens is 339 g/mol. The molecule has 0 spiro atoms. The number of hydrogen-bond donors (Lipinski definition) is 0. The van der Waals surface area contributed by atoms with Crippen LogP contribution in [0.2, 0.25) is 0 Å². The van der Waals surface area contributed by atoms with Crippen molar-refractivity contribution >= 4 is 17.6 Å². The molecule has 0 unspecified atom stereocenters. The highest BCUT2D eigenvalue weighted by Gasteiger charge is 2.08. The Balaban J connectivity index is 2.04. The first-order valence-corrected chi connectivity index (χ1v) is 8.56. The molecule has 5 nitrogen and oxygen atoms in total. The van der Waals surface area contributed by atoms with Gasteiger partial charge in [0, 0.05) is 36.0 Å². The van der Waals surface area contributed by atoms with Crippen molar-refractivity contribution in [2.45, 2.75) is 0 Å². The van der Waals surface area contributed by atoms with Crippen LogP contribution in [0.5, 0.6) is 0 Å². The lowest BCUT2D eigenvalue weighted by molar-refractivity contribution is 0.207. The van der Waals surface area contributed by atoms with E-state index in [9.17, 15) is 4.39 Å². The molecule has 0 aliphatic carbocycles. The van der Waals surface area contributed by atoms with Gasteiger partial charge in [0.1, 0.15) is 5.82 Å². The molecule has 2 aromatic heterocycles. The molecule has 2 heterocycles. The number of aromatic nitrogens is 2. The van der Waals surface area contributed by atoms with Crippen molar-refractivity contribution < 1.29 is 9.13 Å². The smallest absolute Gasteiger partial charge is 0.206 e. The average Bonchev–Trinajstić information content (AvgIpc) is 3.04. The summed E-state index contributed by atoms with van der Waals surface area (Å²) >= 11 is 1.45. The number of hydrogen-bond acceptors (Lipinski definition) is 5. The number of thiazole rings is 1. The molecule has 0 saturated heterocycles. The Morgan fingerprint density at radius 3 is 3.00 bits per heavy atom. The summed E-state index contributed by atoms with van der Waals surface area (Å²) in [6.07, 6.45) is 5.14. The van der Waals surface area contributed by atoms with Crippen LogP contribution >= 0.6 is 11.3 Å². The third-order valence-electron chi connectivity index (χ3n) is 3.35. The second-order valence-electron chi connectivity index (χ2n) is 5.13. The van der Waals surface area contributed by atoms with Crippen LogP contribution in [0.15, 0.2) is 64.3 Å². The third-order valence-corrected chi connectivity index (χ3v) is 4.21. The van der Waals surface area contributed by atoms with Gasteiger partial charge >= 0.3 is 0 Å². The molecule has 0 amide bonds. The molecule has 3 rings (SSSR count). The normalized spacial score (nSPS) is 12.2. The molecule has 0 fully saturated rings. The molecule has 0 N–H and O–H groups in total. The van der Waals surface area contributed by atoms with E-state index in [0.29, 0.717) is 13.2 Å². The Labute approximate surface area is 148 Å². The summed E-state index contributed by atoms with van der Waals surface area (Å²) in [6.45, 7) is 1.06. The van der Waals surface area contributed by atoms with Crippen molar-refractivity contribution in [3.05, 3.63) is 70.4 Å². The standard InChI is InChI=1S/C18H17FN4OS/c1-24-9-8-21-18-23(22-12-14-4-3-7-20-11-14)17(13-25-18)15-5-2-6-16(19)10-15/h2-7,10-13H,8-9H2,1H3/b21-18?,22-12-. The van der Waals surface area contributed by atoms with E-state index < -0.39 is 0 Å². The Bertz CT molecular complexity index is 918. The summed E-state index contributed by atoms with van der Waals surface area (Å²) in [5.74, 6) is -0.288. The van der Waals surface area contributed by atoms with E-state index in [1.165, 1.54) is 23.5 Å². The predicted octanol–water partition coefficient (Wildman–Crippen LogP) is 3.18. The largest absolute Gasteiger partial charge is 0.383 e. The van der Waals surface area contributed by atoms with E-state index in [1.54, 1.807) is 36.5 Å². The van der Waals surface area contributed by atoms with Gasteiger partial charge in [0.2, 0.25) is 4.80 Å². The van der Waals surface area contributed by atoms with Crippen LogP contribution < -0.4 is 4.80 Å². The molecule has 128 valence electrons. The molecule has 0 aliphatic heterocycles. The van der Waals surface area contributed by atoms with Gasteiger partial charge in [0.25, 0.3) is 0 Å². The van der Waals surface area contributed by atoms with E-state index in [1.807, 2.05) is 23.6 Å². The summed E-state index contributed by atoms with van der Waals surface area (Å²) in [6, 6.07) is 10.2. The minimum absolute atomic E-state index is 0.288. The number of rotatable bonds is 6. The van der Waals surface area contributed by atoms with Crippen LogP contribution in [-0.2, 0) is 4.74 Å². The van der Waals surface area contributed by atoms with E-state index in [4.69, 9.17) is 4.74 Å². The van der Waals surface area contributed by atoms with Crippen molar-refractivity contribution in [2.24, 2.45) is 10.1 Å². The topological polar surface area (TPSA) is 51.8 Å². The maximum Gasteiger partial charge on any atom is 0.206 e. The summed E-state index contributed by atoms with van der Waals surface area (Å²) in [5, 5.41) is 6.44. The lowest BCUT2D eigenvalue weighted by Crippen LogP contribution is -2.13. The maximum absolute atomic E-state index is 13.6. The summed E-state index contributed by atoms with van der Waals surface area (Å²) in [5.41, 5.74) is 2.39. The van der Waals surface area contributed by atoms with E-state index in [2.05, 4.69) is 15.1 Å². The number of pyridine rings is 1. The van der Waals surface area contributed by atoms with Crippen molar-refractivity contribution in [1.29, 1.82) is 0 Å². The third kappa shape index (κ3) is 4.46. The fourth-order valence-corrected chi connectivity index (χ4v) is 3.04. The van der Waals surface area contributed by atoms with Gasteiger partial charge in [0.05, 0.1) is 25.1 Å². The fraction of sp³-hybridized carbons (Fsp3) is 0.167. The Hall–Kier alpha value is -2.64. The zero-order valence-electron chi connectivity index (χ0n) is 13.7. The zero-order valence-corrected chi connectivity index (χ0v) is 14.5. The molecule has 25 heavy (non-hydrogen) atoms. The van der Waals surface area contributed by atoms with Crippen LogP contribution in [0.25, 0.3) is 11.3 Å². The summed E-state index contributed by atoms with van der Waals surface area (Å²) < 4.78 is 20.4. The molecule has 7 heteroatoms. The molecule has 3 aromatic rings. The number of ether oxygens (including phenoxy) is 1. The van der Waals surface area contributed by atoms with E-state index >= 15 is 0 Å². The first-order valence-electron chi connectivity index (χ1n) is 7.68.